The lowest BCUT2D eigenvalue weighted by Gasteiger charge is -2.42. The van der Waals surface area contributed by atoms with Crippen LogP contribution in [0.3, 0.4) is 0 Å². The average molecular weight is 605 g/mol. The molecule has 1 fully saturated rings. The van der Waals surface area contributed by atoms with E-state index in [1.54, 1.807) is 0 Å². The minimum Gasteiger partial charge on any atom is -0.508 e. The van der Waals surface area contributed by atoms with E-state index in [1.165, 1.54) is 12.1 Å². The van der Waals surface area contributed by atoms with Gasteiger partial charge in [0.05, 0.1) is 5.56 Å². The number of phenols is 3. The van der Waals surface area contributed by atoms with Gasteiger partial charge in [0.2, 0.25) is 6.29 Å². The van der Waals surface area contributed by atoms with Gasteiger partial charge in [-0.3, -0.25) is 9.59 Å². The average Bonchev–Trinajstić information content (AvgIpc) is 2.94. The van der Waals surface area contributed by atoms with Crippen molar-refractivity contribution in [2.45, 2.75) is 43.2 Å². The lowest BCUT2D eigenvalue weighted by atomic mass is 9.92. The molecule has 228 valence electrons. The molecule has 0 amide bonds. The molecule has 0 aliphatic carbocycles. The van der Waals surface area contributed by atoms with Crippen molar-refractivity contribution in [3.63, 3.8) is 0 Å². The molecule has 2 aromatic rings. The smallest absolute Gasteiger partial charge is 0.508 e. The molecule has 2 aromatic carbocycles. The molecular formula is C27H25O16+. The number of hydrogen-bond acceptors (Lipinski definition) is 13. The topological polar surface area (TPSA) is 264 Å². The number of allylic oxidation sites excluding steroid dienone is 2. The van der Waals surface area contributed by atoms with Crippen LogP contribution in [0.15, 0.2) is 47.9 Å². The minimum atomic E-state index is -1.93. The number of aliphatic carboxylic acids is 2. The summed E-state index contributed by atoms with van der Waals surface area (Å²) in [5.41, 5.74) is 0.357. The van der Waals surface area contributed by atoms with Crippen LogP contribution in [-0.4, -0.2) is 101 Å². The molecule has 16 nitrogen and oxygen atoms in total. The zero-order valence-corrected chi connectivity index (χ0v) is 21.7. The summed E-state index contributed by atoms with van der Waals surface area (Å²) in [5.74, 6) is -6.00. The second-order valence-corrected chi connectivity index (χ2v) is 9.66. The van der Waals surface area contributed by atoms with Crippen LogP contribution in [0.2, 0.25) is 0 Å². The molecule has 9 N–H and O–H groups in total. The highest BCUT2D eigenvalue weighted by Gasteiger charge is 2.48. The number of carboxylic acid groups (broad SMARTS) is 2. The third-order valence-electron chi connectivity index (χ3n) is 6.70. The van der Waals surface area contributed by atoms with E-state index in [4.69, 9.17) is 28.8 Å². The first-order valence-corrected chi connectivity index (χ1v) is 12.5. The molecule has 0 radical (unpaired) electrons. The van der Waals surface area contributed by atoms with Crippen molar-refractivity contribution < 1.29 is 78.9 Å². The highest BCUT2D eigenvalue weighted by molar-refractivity contribution is 5.96. The van der Waals surface area contributed by atoms with Gasteiger partial charge in [0, 0.05) is 29.3 Å². The first kappa shape index (κ1) is 29.5. The Balaban J connectivity index is 1.58. The monoisotopic (exact) mass is 605 g/mol. The molecule has 1 saturated heterocycles. The van der Waals surface area contributed by atoms with Gasteiger partial charge in [-0.25, -0.2) is 0 Å². The number of aliphatic hydroxyl groups excluding tert-OH is 4. The van der Waals surface area contributed by atoms with E-state index in [2.05, 4.69) is 0 Å². The molecule has 3 aliphatic rings. The maximum Gasteiger partial charge on any atom is 0.552 e. The van der Waals surface area contributed by atoms with Gasteiger partial charge in [-0.05, 0) is 12.1 Å². The van der Waals surface area contributed by atoms with Crippen molar-refractivity contribution in [2.75, 3.05) is 6.61 Å². The number of hydrogen-bond donors (Lipinski definition) is 8. The number of esters is 1. The van der Waals surface area contributed by atoms with Gasteiger partial charge in [-0.2, -0.15) is 0 Å². The maximum absolute atomic E-state index is 11.7. The standard InChI is InChI=1S/C27H24O16/c28-10-4-14-20-11(6-16(40-14)26(37)38)25(24(41-15(20)5-10)9-1-2-12(29)13(30)3-9)43-27-23(36)22(35)21(34)17(42-27)8-39-19(33)7-18(31)32/h1-6,17,21-24,27-30,34-36H,7-8H2,(H,31,32)(H,37,38)/p+1/t17-,21-,22+,23-,24?,27+/m1/s1. The second kappa shape index (κ2) is 11.3. The Hall–Kier alpha value is -5.03. The van der Waals surface area contributed by atoms with Crippen molar-refractivity contribution in [1.29, 1.82) is 0 Å². The molecule has 5 rings (SSSR count). The molecule has 6 atom stereocenters. The van der Waals surface area contributed by atoms with Crippen molar-refractivity contribution in [1.82, 2.24) is 0 Å². The summed E-state index contributed by atoms with van der Waals surface area (Å²) in [7, 11) is 0. The summed E-state index contributed by atoms with van der Waals surface area (Å²) in [6.07, 6.45) is -10.2. The summed E-state index contributed by atoms with van der Waals surface area (Å²) >= 11 is 0. The third kappa shape index (κ3) is 5.71. The highest BCUT2D eigenvalue weighted by atomic mass is 16.7. The van der Waals surface area contributed by atoms with Crippen molar-refractivity contribution in [3.8, 4) is 28.7 Å². The van der Waals surface area contributed by atoms with E-state index in [9.17, 15) is 50.1 Å². The van der Waals surface area contributed by atoms with Gasteiger partial charge >= 0.3 is 17.9 Å². The quantitative estimate of drug-likeness (QED) is 0.0840. The molecule has 3 heterocycles. The van der Waals surface area contributed by atoms with E-state index in [0.29, 0.717) is 0 Å². The molecule has 43 heavy (non-hydrogen) atoms. The SMILES string of the molecule is O=C(O)CC(=O)OC[C@H]1O[C@@H](OC2=C3C=C(C(O)=[OH+])Oc4cc(O)cc(c43)OC2c2ccc(O)c(O)c2)[C@H](O)[C@@H](O)[C@@H]1O. The van der Waals surface area contributed by atoms with Gasteiger partial charge in [-0.1, -0.05) is 6.07 Å². The van der Waals surface area contributed by atoms with E-state index < -0.39 is 85.0 Å². The number of carbonyl (C=O) groups is 2. The van der Waals surface area contributed by atoms with Crippen molar-refractivity contribution >= 4 is 23.5 Å². The van der Waals surface area contributed by atoms with Crippen LogP contribution in [0.25, 0.3) is 5.57 Å². The molecule has 1 unspecified atom stereocenters. The normalized spacial score (nSPS) is 25.9. The molecule has 0 bridgehead atoms. The van der Waals surface area contributed by atoms with E-state index >= 15 is 0 Å². The molecule has 0 saturated carbocycles. The largest absolute Gasteiger partial charge is 0.552 e. The van der Waals surface area contributed by atoms with Gasteiger partial charge in [0.15, 0.2) is 23.4 Å². The number of phenolic OH excluding ortho intramolecular Hbond substituents is 3. The Bertz CT molecular complexity index is 1540. The fraction of sp³-hybridized carbons (Fsp3) is 0.296. The van der Waals surface area contributed by atoms with Gasteiger partial charge in [0.25, 0.3) is 5.76 Å². The zero-order chi connectivity index (χ0) is 31.2. The Morgan fingerprint density at radius 2 is 1.65 bits per heavy atom. The number of carboxylic acids is 2. The summed E-state index contributed by atoms with van der Waals surface area (Å²) in [4.78, 5) is 32.3. The van der Waals surface area contributed by atoms with Crippen LogP contribution < -0.4 is 9.47 Å². The lowest BCUT2D eigenvalue weighted by molar-refractivity contribution is -0.294. The number of aromatic hydroxyl groups is 3. The maximum atomic E-state index is 11.7. The van der Waals surface area contributed by atoms with Crippen LogP contribution >= 0.6 is 0 Å². The second-order valence-electron chi connectivity index (χ2n) is 9.66. The fourth-order valence-electron chi connectivity index (χ4n) is 4.67. The predicted molar refractivity (Wildman–Crippen MR) is 137 cm³/mol. The molecule has 0 spiro atoms. The van der Waals surface area contributed by atoms with Crippen molar-refractivity contribution in [2.24, 2.45) is 0 Å². The highest BCUT2D eigenvalue weighted by Crippen LogP contribution is 2.52. The van der Waals surface area contributed by atoms with Gasteiger partial charge < -0.3 is 69.3 Å². The first-order chi connectivity index (χ1) is 20.3. The first-order valence-electron chi connectivity index (χ1n) is 12.5. The minimum absolute atomic E-state index is 0.0198. The summed E-state index contributed by atoms with van der Waals surface area (Å²) in [6.45, 7) is -0.730. The van der Waals surface area contributed by atoms with Gasteiger partial charge in [0.1, 0.15) is 54.7 Å². The van der Waals surface area contributed by atoms with Crippen LogP contribution in [0, 0.1) is 0 Å². The number of carbonyl (C=O) groups excluding carboxylic acids is 1. The van der Waals surface area contributed by atoms with Gasteiger partial charge in [-0.15, -0.1) is 0 Å². The number of aliphatic hydroxyl groups is 3. The fourth-order valence-corrected chi connectivity index (χ4v) is 4.67. The number of ether oxygens (including phenoxy) is 5. The predicted octanol–water partition coefficient (Wildman–Crippen LogP) is -0.173. The molecular weight excluding hydrogens is 580 g/mol. The van der Waals surface area contributed by atoms with Crippen LogP contribution in [0.1, 0.15) is 23.7 Å². The Kier molecular flexibility index (Phi) is 7.76. The van der Waals surface area contributed by atoms with E-state index in [1.807, 2.05) is 0 Å². The third-order valence-corrected chi connectivity index (χ3v) is 6.70. The summed E-state index contributed by atoms with van der Waals surface area (Å²) in [5, 5.41) is 80.5. The van der Waals surface area contributed by atoms with Crippen LogP contribution in [0.5, 0.6) is 28.7 Å². The Labute approximate surface area is 240 Å². The van der Waals surface area contributed by atoms with E-state index in [0.717, 1.165) is 24.3 Å². The molecule has 16 heteroatoms. The molecule has 3 aliphatic heterocycles. The summed E-state index contributed by atoms with van der Waals surface area (Å²) in [6, 6.07) is 5.99. The summed E-state index contributed by atoms with van der Waals surface area (Å²) < 4.78 is 28.0. The van der Waals surface area contributed by atoms with Crippen LogP contribution in [-0.2, 0) is 23.8 Å². The lowest BCUT2D eigenvalue weighted by Crippen LogP contribution is -2.59. The number of rotatable bonds is 8. The Morgan fingerprint density at radius 3 is 2.33 bits per heavy atom. The molecule has 0 aromatic heterocycles. The van der Waals surface area contributed by atoms with E-state index in [-0.39, 0.29) is 39.7 Å². The Morgan fingerprint density at radius 1 is 0.930 bits per heavy atom. The van der Waals surface area contributed by atoms with Crippen LogP contribution in [0.4, 0.5) is 0 Å². The zero-order valence-electron chi connectivity index (χ0n) is 21.7. The number of benzene rings is 2. The van der Waals surface area contributed by atoms with Crippen molar-refractivity contribution in [3.05, 3.63) is 59.1 Å².